The molecule has 0 aliphatic heterocycles. The maximum atomic E-state index is 14.6. The lowest BCUT2D eigenvalue weighted by atomic mass is 9.94. The third kappa shape index (κ3) is 3.24. The molecule has 4 rings (SSSR count). The van der Waals surface area contributed by atoms with Crippen LogP contribution in [0.1, 0.15) is 17.2 Å². The summed E-state index contributed by atoms with van der Waals surface area (Å²) >= 11 is 5.87. The highest BCUT2D eigenvalue weighted by molar-refractivity contribution is 6.30. The Morgan fingerprint density at radius 3 is 2.61 bits per heavy atom. The highest BCUT2D eigenvalue weighted by Gasteiger charge is 2.28. The fourth-order valence-electron chi connectivity index (χ4n) is 3.03. The maximum absolute atomic E-state index is 14.6. The first kappa shape index (κ1) is 18.2. The van der Waals surface area contributed by atoms with Crippen LogP contribution in [-0.2, 0) is 0 Å². The van der Waals surface area contributed by atoms with Crippen molar-refractivity contribution in [2.24, 2.45) is 0 Å². The van der Waals surface area contributed by atoms with Crippen LogP contribution < -0.4 is 5.73 Å². The lowest BCUT2D eigenvalue weighted by Gasteiger charge is -2.13. The Morgan fingerprint density at radius 2 is 1.89 bits per heavy atom. The van der Waals surface area contributed by atoms with Gasteiger partial charge in [0.25, 0.3) is 0 Å². The smallest absolute Gasteiger partial charge is 0.175 e. The van der Waals surface area contributed by atoms with Crippen LogP contribution >= 0.6 is 11.6 Å². The molecule has 5 nitrogen and oxygen atoms in total. The Bertz CT molecular complexity index is 1130. The summed E-state index contributed by atoms with van der Waals surface area (Å²) in [5.41, 5.74) is 8.22. The summed E-state index contributed by atoms with van der Waals surface area (Å²) in [5, 5.41) is 15.4. The maximum Gasteiger partial charge on any atom is 0.175 e. The molecule has 0 spiro atoms. The Kier molecular flexibility index (Phi) is 4.81. The lowest BCUT2D eigenvalue weighted by molar-refractivity contribution is 0.220. The van der Waals surface area contributed by atoms with Gasteiger partial charge in [0, 0.05) is 39.8 Å². The molecule has 2 aromatic heterocycles. The van der Waals surface area contributed by atoms with Gasteiger partial charge < -0.3 is 15.4 Å². The van der Waals surface area contributed by atoms with E-state index in [-0.39, 0.29) is 22.0 Å². The zero-order chi connectivity index (χ0) is 19.7. The standard InChI is InChI=1S/C21H15ClFN3O2/c22-13-7-8-14(16(23)10-13)19-18(20(27)12-4-3-9-25-11-12)21(28-26-19)15-5-1-2-6-17(15)24/h1-11,20,27H,24H2. The van der Waals surface area contributed by atoms with E-state index >= 15 is 0 Å². The van der Waals surface area contributed by atoms with Crippen LogP contribution in [0.15, 0.2) is 71.5 Å². The molecular weight excluding hydrogens is 381 g/mol. The first-order valence-electron chi connectivity index (χ1n) is 8.44. The van der Waals surface area contributed by atoms with E-state index < -0.39 is 11.9 Å². The van der Waals surface area contributed by atoms with Crippen molar-refractivity contribution >= 4 is 17.3 Å². The van der Waals surface area contributed by atoms with Crippen molar-refractivity contribution in [1.29, 1.82) is 0 Å². The molecule has 0 fully saturated rings. The number of anilines is 1. The minimum atomic E-state index is -1.15. The van der Waals surface area contributed by atoms with E-state index in [0.29, 0.717) is 22.4 Å². The number of para-hydroxylation sites is 1. The number of pyridine rings is 1. The molecule has 0 bridgehead atoms. The van der Waals surface area contributed by atoms with E-state index in [1.165, 1.54) is 18.3 Å². The predicted octanol–water partition coefficient (Wildman–Crippen LogP) is 4.86. The molecule has 140 valence electrons. The molecule has 3 N–H and O–H groups in total. The first-order chi connectivity index (χ1) is 13.6. The normalized spacial score (nSPS) is 12.1. The minimum absolute atomic E-state index is 0.159. The number of aliphatic hydroxyl groups excluding tert-OH is 1. The number of halogens is 2. The van der Waals surface area contributed by atoms with Crippen LogP contribution in [0.3, 0.4) is 0 Å². The van der Waals surface area contributed by atoms with Crippen molar-refractivity contribution in [2.75, 3.05) is 5.73 Å². The number of benzene rings is 2. The van der Waals surface area contributed by atoms with E-state index in [1.807, 2.05) is 0 Å². The van der Waals surface area contributed by atoms with Crippen LogP contribution in [0.2, 0.25) is 5.02 Å². The second-order valence-electron chi connectivity index (χ2n) is 6.17. The Balaban J connectivity index is 1.96. The van der Waals surface area contributed by atoms with Gasteiger partial charge in [-0.05, 0) is 36.4 Å². The molecule has 0 saturated heterocycles. The van der Waals surface area contributed by atoms with Crippen molar-refractivity contribution in [3.63, 3.8) is 0 Å². The molecular formula is C21H15ClFN3O2. The predicted molar refractivity (Wildman–Crippen MR) is 105 cm³/mol. The molecule has 0 radical (unpaired) electrons. The van der Waals surface area contributed by atoms with E-state index in [4.69, 9.17) is 21.9 Å². The molecule has 7 heteroatoms. The van der Waals surface area contributed by atoms with E-state index in [1.54, 1.807) is 48.7 Å². The van der Waals surface area contributed by atoms with Gasteiger partial charge in [-0.15, -0.1) is 0 Å². The van der Waals surface area contributed by atoms with E-state index in [2.05, 4.69) is 10.1 Å². The quantitative estimate of drug-likeness (QED) is 0.482. The summed E-state index contributed by atoms with van der Waals surface area (Å²) < 4.78 is 20.1. The third-order valence-corrected chi connectivity index (χ3v) is 4.63. The summed E-state index contributed by atoms with van der Waals surface area (Å²) in [6, 6.07) is 14.7. The number of aromatic nitrogens is 2. The second kappa shape index (κ2) is 7.42. The number of nitrogen functional groups attached to an aromatic ring is 1. The van der Waals surface area contributed by atoms with Crippen LogP contribution in [0.4, 0.5) is 10.1 Å². The van der Waals surface area contributed by atoms with Gasteiger partial charge in [0.15, 0.2) is 5.76 Å². The summed E-state index contributed by atoms with van der Waals surface area (Å²) in [6.45, 7) is 0. The molecule has 2 aromatic carbocycles. The lowest BCUT2D eigenvalue weighted by Crippen LogP contribution is -2.04. The van der Waals surface area contributed by atoms with Gasteiger partial charge in [0.1, 0.15) is 17.6 Å². The zero-order valence-corrected chi connectivity index (χ0v) is 15.3. The fourth-order valence-corrected chi connectivity index (χ4v) is 3.19. The molecule has 1 atom stereocenters. The van der Waals surface area contributed by atoms with Crippen molar-refractivity contribution < 1.29 is 14.0 Å². The highest BCUT2D eigenvalue weighted by atomic mass is 35.5. The molecule has 0 saturated carbocycles. The zero-order valence-electron chi connectivity index (χ0n) is 14.5. The highest BCUT2D eigenvalue weighted by Crippen LogP contribution is 2.41. The SMILES string of the molecule is Nc1ccccc1-c1onc(-c2ccc(Cl)cc2F)c1C(O)c1cccnc1. The average Bonchev–Trinajstić information content (AvgIpc) is 3.13. The van der Waals surface area contributed by atoms with Gasteiger partial charge in [-0.25, -0.2) is 4.39 Å². The van der Waals surface area contributed by atoms with Gasteiger partial charge in [-0.1, -0.05) is 35.0 Å². The average molecular weight is 396 g/mol. The molecule has 28 heavy (non-hydrogen) atoms. The third-order valence-electron chi connectivity index (χ3n) is 4.39. The Hall–Kier alpha value is -3.22. The molecule has 0 aliphatic rings. The van der Waals surface area contributed by atoms with Gasteiger partial charge >= 0.3 is 0 Å². The fraction of sp³-hybridized carbons (Fsp3) is 0.0476. The number of rotatable bonds is 4. The number of hydrogen-bond acceptors (Lipinski definition) is 5. The molecule has 0 aliphatic carbocycles. The molecule has 4 aromatic rings. The van der Waals surface area contributed by atoms with Crippen molar-refractivity contribution in [1.82, 2.24) is 10.1 Å². The largest absolute Gasteiger partial charge is 0.398 e. The van der Waals surface area contributed by atoms with Crippen LogP contribution in [-0.4, -0.2) is 15.2 Å². The van der Waals surface area contributed by atoms with Crippen molar-refractivity contribution in [3.05, 3.63) is 89.0 Å². The van der Waals surface area contributed by atoms with Gasteiger partial charge in [-0.2, -0.15) is 0 Å². The first-order valence-corrected chi connectivity index (χ1v) is 8.82. The molecule has 1 unspecified atom stereocenters. The van der Waals surface area contributed by atoms with E-state index in [9.17, 15) is 9.50 Å². The van der Waals surface area contributed by atoms with Crippen molar-refractivity contribution in [3.8, 4) is 22.6 Å². The van der Waals surface area contributed by atoms with Crippen molar-refractivity contribution in [2.45, 2.75) is 6.10 Å². The number of nitrogens with zero attached hydrogens (tertiary/aromatic N) is 2. The Labute approximate surface area is 165 Å². The number of aliphatic hydroxyl groups is 1. The summed E-state index contributed by atoms with van der Waals surface area (Å²) in [5.74, 6) is -0.313. The topological polar surface area (TPSA) is 85.2 Å². The van der Waals surface area contributed by atoms with Crippen LogP contribution in [0, 0.1) is 5.82 Å². The number of hydrogen-bond donors (Lipinski definition) is 2. The van der Waals surface area contributed by atoms with Gasteiger partial charge in [0.05, 0.1) is 5.56 Å². The summed E-state index contributed by atoms with van der Waals surface area (Å²) in [4.78, 5) is 4.04. The summed E-state index contributed by atoms with van der Waals surface area (Å²) in [7, 11) is 0. The minimum Gasteiger partial charge on any atom is -0.398 e. The molecule has 2 heterocycles. The van der Waals surface area contributed by atoms with Gasteiger partial charge in [-0.3, -0.25) is 4.98 Å². The van der Waals surface area contributed by atoms with Crippen LogP contribution in [0.5, 0.6) is 0 Å². The summed E-state index contributed by atoms with van der Waals surface area (Å²) in [6.07, 6.45) is 1.97. The second-order valence-corrected chi connectivity index (χ2v) is 6.61. The van der Waals surface area contributed by atoms with Crippen LogP contribution in [0.25, 0.3) is 22.6 Å². The number of nitrogens with two attached hydrogens (primary N) is 1. The van der Waals surface area contributed by atoms with Gasteiger partial charge in [0.2, 0.25) is 0 Å². The monoisotopic (exact) mass is 395 g/mol. The molecule has 0 amide bonds. The van der Waals surface area contributed by atoms with E-state index in [0.717, 1.165) is 0 Å². The Morgan fingerprint density at radius 1 is 1.07 bits per heavy atom.